The van der Waals surface area contributed by atoms with Gasteiger partial charge in [0.25, 0.3) is 0 Å². The van der Waals surface area contributed by atoms with Crippen molar-refractivity contribution in [3.05, 3.63) is 51.4 Å². The molecule has 0 saturated heterocycles. The highest BCUT2D eigenvalue weighted by molar-refractivity contribution is 6.35. The van der Waals surface area contributed by atoms with Crippen LogP contribution in [-0.4, -0.2) is 28.6 Å². The van der Waals surface area contributed by atoms with Gasteiger partial charge in [-0.25, -0.2) is 14.8 Å². The predicted octanol–water partition coefficient (Wildman–Crippen LogP) is 5.27. The molecule has 2 aromatic rings. The van der Waals surface area contributed by atoms with Gasteiger partial charge in [0.15, 0.2) is 5.69 Å². The number of carbonyl (C=O) groups is 1. The monoisotopic (exact) mass is 419 g/mol. The maximum atomic E-state index is 12.1. The maximum Gasteiger partial charge on any atom is 0.358 e. The van der Waals surface area contributed by atoms with E-state index < -0.39 is 5.97 Å². The molecule has 1 heterocycles. The lowest BCUT2D eigenvalue weighted by molar-refractivity contribution is 0.0593. The zero-order valence-corrected chi connectivity index (χ0v) is 17.5. The van der Waals surface area contributed by atoms with E-state index in [1.165, 1.54) is 12.7 Å². The second-order valence-corrected chi connectivity index (χ2v) is 8.69. The lowest BCUT2D eigenvalue weighted by atomic mass is 9.91. The Bertz CT molecular complexity index is 911. The number of hydrogen-bond donors (Lipinski definition) is 1. The third-order valence-corrected chi connectivity index (χ3v) is 6.31. The number of nitrogens with zero attached hydrogens (tertiary/aromatic N) is 2. The van der Waals surface area contributed by atoms with Crippen molar-refractivity contribution in [2.45, 2.75) is 50.5 Å². The molecule has 0 spiro atoms. The number of anilines is 1. The lowest BCUT2D eigenvalue weighted by Crippen LogP contribution is -2.32. The third-order valence-electron chi connectivity index (χ3n) is 5.72. The fourth-order valence-electron chi connectivity index (χ4n) is 3.63. The Morgan fingerprint density at radius 2 is 2.07 bits per heavy atom. The number of nitrogens with one attached hydrogen (secondary N) is 1. The first-order valence-corrected chi connectivity index (χ1v) is 10.4. The number of aromatic nitrogens is 2. The second kappa shape index (κ2) is 7.53. The number of esters is 1. The van der Waals surface area contributed by atoms with E-state index in [-0.39, 0.29) is 16.3 Å². The standard InChI is InChI=1S/C21H23Cl2N3O2/c1-12(10-13-4-3-5-15(22)11-13)21(8-9-21)26-19-16(23)17(20(27)28-2)24-18(25-19)14-6-7-14/h3-5,11-12,14H,6-10H2,1-2H3,(H,24,25,26). The van der Waals surface area contributed by atoms with E-state index >= 15 is 0 Å². The first-order chi connectivity index (χ1) is 13.4. The molecular weight excluding hydrogens is 397 g/mol. The normalized spacial score (nSPS) is 18.4. The summed E-state index contributed by atoms with van der Waals surface area (Å²) in [5.74, 6) is 1.33. The fraction of sp³-hybridized carbons (Fsp3) is 0.476. The molecule has 1 unspecified atom stereocenters. The van der Waals surface area contributed by atoms with Crippen LogP contribution in [0.3, 0.4) is 0 Å². The van der Waals surface area contributed by atoms with Crippen molar-refractivity contribution in [3.63, 3.8) is 0 Å². The topological polar surface area (TPSA) is 64.1 Å². The highest BCUT2D eigenvalue weighted by Crippen LogP contribution is 2.48. The van der Waals surface area contributed by atoms with Crippen LogP contribution in [0.5, 0.6) is 0 Å². The van der Waals surface area contributed by atoms with Crippen molar-refractivity contribution < 1.29 is 9.53 Å². The molecule has 7 heteroatoms. The molecule has 2 aliphatic rings. The fourth-order valence-corrected chi connectivity index (χ4v) is 4.05. The van der Waals surface area contributed by atoms with Crippen molar-refractivity contribution >= 4 is 35.0 Å². The SMILES string of the molecule is COC(=O)c1nc(C2CC2)nc(NC2(C(C)Cc3cccc(Cl)c3)CC2)c1Cl. The van der Waals surface area contributed by atoms with Crippen LogP contribution < -0.4 is 5.32 Å². The molecule has 2 aliphatic carbocycles. The molecule has 1 atom stereocenters. The molecule has 0 bridgehead atoms. The molecule has 0 aliphatic heterocycles. The van der Waals surface area contributed by atoms with Gasteiger partial charge >= 0.3 is 5.97 Å². The average Bonchev–Trinajstić information content (AvgIpc) is 3.57. The van der Waals surface area contributed by atoms with Crippen LogP contribution >= 0.6 is 23.2 Å². The minimum absolute atomic E-state index is 0.0888. The van der Waals surface area contributed by atoms with E-state index in [2.05, 4.69) is 28.3 Å². The Labute approximate surface area is 174 Å². The van der Waals surface area contributed by atoms with Gasteiger partial charge in [-0.05, 0) is 55.7 Å². The number of carbonyl (C=O) groups excluding carboxylic acids is 1. The van der Waals surface area contributed by atoms with Crippen LogP contribution in [0.15, 0.2) is 24.3 Å². The Hall–Kier alpha value is -1.85. The van der Waals surface area contributed by atoms with E-state index in [9.17, 15) is 4.79 Å². The van der Waals surface area contributed by atoms with Crippen molar-refractivity contribution in [1.29, 1.82) is 0 Å². The Kier molecular flexibility index (Phi) is 5.23. The smallest absolute Gasteiger partial charge is 0.358 e. The van der Waals surface area contributed by atoms with E-state index in [0.717, 1.165) is 37.1 Å². The van der Waals surface area contributed by atoms with E-state index in [1.54, 1.807) is 0 Å². The van der Waals surface area contributed by atoms with Crippen LogP contribution in [0.4, 0.5) is 5.82 Å². The number of rotatable bonds is 7. The average molecular weight is 420 g/mol. The summed E-state index contributed by atoms with van der Waals surface area (Å²) in [6.45, 7) is 2.22. The van der Waals surface area contributed by atoms with Crippen LogP contribution in [0.2, 0.25) is 10.0 Å². The van der Waals surface area contributed by atoms with Gasteiger partial charge in [-0.15, -0.1) is 0 Å². The van der Waals surface area contributed by atoms with E-state index in [0.29, 0.717) is 23.5 Å². The van der Waals surface area contributed by atoms with Gasteiger partial charge < -0.3 is 10.1 Å². The van der Waals surface area contributed by atoms with Gasteiger partial charge in [-0.2, -0.15) is 0 Å². The molecule has 2 saturated carbocycles. The highest BCUT2D eigenvalue weighted by Gasteiger charge is 2.48. The minimum Gasteiger partial charge on any atom is -0.464 e. The summed E-state index contributed by atoms with van der Waals surface area (Å²) in [7, 11) is 1.33. The van der Waals surface area contributed by atoms with Crippen molar-refractivity contribution in [2.75, 3.05) is 12.4 Å². The van der Waals surface area contributed by atoms with Gasteiger partial charge in [0.1, 0.15) is 16.7 Å². The summed E-state index contributed by atoms with van der Waals surface area (Å²) in [4.78, 5) is 21.2. The first kappa shape index (κ1) is 19.5. The molecule has 2 fully saturated rings. The Balaban J connectivity index is 1.59. The summed E-state index contributed by atoms with van der Waals surface area (Å²) < 4.78 is 4.86. The van der Waals surface area contributed by atoms with Crippen LogP contribution in [-0.2, 0) is 11.2 Å². The Morgan fingerprint density at radius 3 is 2.68 bits per heavy atom. The van der Waals surface area contributed by atoms with Crippen LogP contribution in [0.1, 0.15) is 60.4 Å². The number of ether oxygens (including phenoxy) is 1. The molecule has 1 N–H and O–H groups in total. The highest BCUT2D eigenvalue weighted by atomic mass is 35.5. The molecule has 5 nitrogen and oxygen atoms in total. The summed E-state index contributed by atoms with van der Waals surface area (Å²) in [6, 6.07) is 7.96. The zero-order chi connectivity index (χ0) is 19.9. The van der Waals surface area contributed by atoms with Gasteiger partial charge in [0, 0.05) is 16.5 Å². The van der Waals surface area contributed by atoms with Gasteiger partial charge in [0.2, 0.25) is 0 Å². The van der Waals surface area contributed by atoms with E-state index in [1.807, 2.05) is 18.2 Å². The lowest BCUT2D eigenvalue weighted by Gasteiger charge is -2.26. The largest absolute Gasteiger partial charge is 0.464 e. The molecule has 0 amide bonds. The number of hydrogen-bond acceptors (Lipinski definition) is 5. The molecule has 1 aromatic heterocycles. The van der Waals surface area contributed by atoms with Crippen LogP contribution in [0, 0.1) is 5.92 Å². The van der Waals surface area contributed by atoms with Gasteiger partial charge in [-0.1, -0.05) is 42.3 Å². The molecular formula is C21H23Cl2N3O2. The summed E-state index contributed by atoms with van der Waals surface area (Å²) >= 11 is 12.6. The maximum absolute atomic E-state index is 12.1. The van der Waals surface area contributed by atoms with Crippen LogP contribution in [0.25, 0.3) is 0 Å². The first-order valence-electron chi connectivity index (χ1n) is 9.60. The van der Waals surface area contributed by atoms with E-state index in [4.69, 9.17) is 27.9 Å². The van der Waals surface area contributed by atoms with Crippen molar-refractivity contribution in [3.8, 4) is 0 Å². The number of halogens is 2. The van der Waals surface area contributed by atoms with Crippen molar-refractivity contribution in [2.24, 2.45) is 5.92 Å². The summed E-state index contributed by atoms with van der Waals surface area (Å²) in [5, 5.41) is 4.53. The molecule has 28 heavy (non-hydrogen) atoms. The second-order valence-electron chi connectivity index (χ2n) is 7.88. The quantitative estimate of drug-likeness (QED) is 0.619. The Morgan fingerprint density at radius 1 is 1.32 bits per heavy atom. The predicted molar refractivity (Wildman–Crippen MR) is 110 cm³/mol. The molecule has 148 valence electrons. The van der Waals surface area contributed by atoms with Crippen molar-refractivity contribution in [1.82, 2.24) is 9.97 Å². The summed E-state index contributed by atoms with van der Waals surface area (Å²) in [6.07, 6.45) is 5.04. The minimum atomic E-state index is -0.533. The molecule has 4 rings (SSSR count). The molecule has 1 aromatic carbocycles. The number of methoxy groups -OCH3 is 1. The summed E-state index contributed by atoms with van der Waals surface area (Å²) in [5.41, 5.74) is 1.26. The molecule has 0 radical (unpaired) electrons. The van der Waals surface area contributed by atoms with Gasteiger partial charge in [0.05, 0.1) is 7.11 Å². The number of benzene rings is 1. The zero-order valence-electron chi connectivity index (χ0n) is 16.0. The van der Waals surface area contributed by atoms with Gasteiger partial charge in [-0.3, -0.25) is 0 Å². The third kappa shape index (κ3) is 3.96.